The quantitative estimate of drug-likeness (QED) is 0.625. The number of aryl methyl sites for hydroxylation is 1. The van der Waals surface area contributed by atoms with E-state index in [4.69, 9.17) is 5.73 Å². The van der Waals surface area contributed by atoms with Gasteiger partial charge in [-0.15, -0.1) is 0 Å². The first-order valence-corrected chi connectivity index (χ1v) is 7.83. The van der Waals surface area contributed by atoms with E-state index >= 15 is 0 Å². The van der Waals surface area contributed by atoms with Gasteiger partial charge in [0.2, 0.25) is 0 Å². The lowest BCUT2D eigenvalue weighted by Gasteiger charge is -2.18. The van der Waals surface area contributed by atoms with Crippen molar-refractivity contribution in [2.75, 3.05) is 5.73 Å². The van der Waals surface area contributed by atoms with Gasteiger partial charge in [-0.2, -0.15) is 0 Å². The minimum atomic E-state index is 0.838. The van der Waals surface area contributed by atoms with Gasteiger partial charge in [0, 0.05) is 11.3 Å². The van der Waals surface area contributed by atoms with Crippen molar-refractivity contribution in [1.82, 2.24) is 0 Å². The SMILES string of the molecule is CCCc1ccc(N)c(-c2ccccc2)c1-c1ccccc1. The van der Waals surface area contributed by atoms with Crippen LogP contribution in [0.15, 0.2) is 72.8 Å². The average molecular weight is 287 g/mol. The molecule has 3 rings (SSSR count). The predicted octanol–water partition coefficient (Wildman–Crippen LogP) is 5.56. The lowest BCUT2D eigenvalue weighted by molar-refractivity contribution is 0.924. The third-order valence-electron chi connectivity index (χ3n) is 3.97. The summed E-state index contributed by atoms with van der Waals surface area (Å²) in [6, 6.07) is 25.2. The number of anilines is 1. The van der Waals surface area contributed by atoms with Crippen LogP contribution < -0.4 is 5.73 Å². The van der Waals surface area contributed by atoms with Gasteiger partial charge in [-0.25, -0.2) is 0 Å². The molecule has 3 aromatic rings. The first-order chi connectivity index (χ1) is 10.8. The van der Waals surface area contributed by atoms with Crippen molar-refractivity contribution in [2.24, 2.45) is 0 Å². The standard InChI is InChI=1S/C21H21N/c1-2-9-16-14-15-19(22)21(18-12-7-4-8-13-18)20(16)17-10-5-3-6-11-17/h3-8,10-15H,2,9,22H2,1H3. The molecule has 0 saturated heterocycles. The van der Waals surface area contributed by atoms with Gasteiger partial charge < -0.3 is 5.73 Å². The molecule has 0 saturated carbocycles. The van der Waals surface area contributed by atoms with Crippen LogP contribution in [0.5, 0.6) is 0 Å². The van der Waals surface area contributed by atoms with Crippen LogP contribution in [0.25, 0.3) is 22.3 Å². The molecule has 0 bridgehead atoms. The highest BCUT2D eigenvalue weighted by Crippen LogP contribution is 2.39. The van der Waals surface area contributed by atoms with Gasteiger partial charge >= 0.3 is 0 Å². The molecule has 0 spiro atoms. The van der Waals surface area contributed by atoms with Crippen LogP contribution in [0.3, 0.4) is 0 Å². The zero-order chi connectivity index (χ0) is 15.4. The van der Waals surface area contributed by atoms with Crippen molar-refractivity contribution in [3.05, 3.63) is 78.4 Å². The highest BCUT2D eigenvalue weighted by molar-refractivity contribution is 5.92. The molecule has 0 unspecified atom stereocenters. The Kier molecular flexibility index (Phi) is 4.24. The summed E-state index contributed by atoms with van der Waals surface area (Å²) in [5, 5.41) is 0. The first-order valence-electron chi connectivity index (χ1n) is 7.83. The largest absolute Gasteiger partial charge is 0.398 e. The molecular weight excluding hydrogens is 266 g/mol. The molecule has 0 aliphatic heterocycles. The van der Waals surface area contributed by atoms with Crippen LogP contribution in [0.2, 0.25) is 0 Å². The smallest absolute Gasteiger partial charge is 0.0400 e. The molecule has 0 aliphatic rings. The molecular formula is C21H21N. The van der Waals surface area contributed by atoms with Gasteiger partial charge in [0.25, 0.3) is 0 Å². The van der Waals surface area contributed by atoms with Crippen LogP contribution in [0, 0.1) is 0 Å². The van der Waals surface area contributed by atoms with Gasteiger partial charge in [-0.05, 0) is 34.7 Å². The molecule has 0 atom stereocenters. The van der Waals surface area contributed by atoms with Crippen LogP contribution in [0.1, 0.15) is 18.9 Å². The van der Waals surface area contributed by atoms with Crippen LogP contribution >= 0.6 is 0 Å². The van der Waals surface area contributed by atoms with Crippen molar-refractivity contribution < 1.29 is 0 Å². The molecule has 0 amide bonds. The Hall–Kier alpha value is -2.54. The van der Waals surface area contributed by atoms with E-state index in [-0.39, 0.29) is 0 Å². The second-order valence-corrected chi connectivity index (χ2v) is 5.55. The molecule has 1 heteroatoms. The van der Waals surface area contributed by atoms with E-state index in [9.17, 15) is 0 Å². The maximum atomic E-state index is 6.36. The van der Waals surface area contributed by atoms with Gasteiger partial charge in [0.15, 0.2) is 0 Å². The average Bonchev–Trinajstić information content (AvgIpc) is 2.58. The van der Waals surface area contributed by atoms with Crippen LogP contribution in [0.4, 0.5) is 5.69 Å². The highest BCUT2D eigenvalue weighted by Gasteiger charge is 2.14. The Morgan fingerprint density at radius 2 is 1.23 bits per heavy atom. The fraction of sp³-hybridized carbons (Fsp3) is 0.143. The minimum Gasteiger partial charge on any atom is -0.398 e. The van der Waals surface area contributed by atoms with Gasteiger partial charge in [0.05, 0.1) is 0 Å². The monoisotopic (exact) mass is 287 g/mol. The van der Waals surface area contributed by atoms with E-state index in [1.54, 1.807) is 0 Å². The maximum Gasteiger partial charge on any atom is 0.0400 e. The zero-order valence-electron chi connectivity index (χ0n) is 12.9. The number of rotatable bonds is 4. The molecule has 110 valence electrons. The minimum absolute atomic E-state index is 0.838. The molecule has 0 fully saturated rings. The number of hydrogen-bond donors (Lipinski definition) is 1. The number of hydrogen-bond acceptors (Lipinski definition) is 1. The molecule has 0 radical (unpaired) electrons. The lowest BCUT2D eigenvalue weighted by atomic mass is 9.88. The molecule has 0 aromatic heterocycles. The Bertz CT molecular complexity index is 746. The predicted molar refractivity (Wildman–Crippen MR) is 95.7 cm³/mol. The summed E-state index contributed by atoms with van der Waals surface area (Å²) in [6.45, 7) is 2.22. The first kappa shape index (κ1) is 14.4. The highest BCUT2D eigenvalue weighted by atomic mass is 14.6. The van der Waals surface area contributed by atoms with E-state index in [2.05, 4.69) is 67.6 Å². The third-order valence-corrected chi connectivity index (χ3v) is 3.97. The van der Waals surface area contributed by atoms with Gasteiger partial charge in [-0.1, -0.05) is 80.1 Å². The maximum absolute atomic E-state index is 6.36. The summed E-state index contributed by atoms with van der Waals surface area (Å²) in [4.78, 5) is 0. The molecule has 2 N–H and O–H groups in total. The summed E-state index contributed by atoms with van der Waals surface area (Å²) in [7, 11) is 0. The van der Waals surface area contributed by atoms with E-state index in [0.717, 1.165) is 24.1 Å². The summed E-state index contributed by atoms with van der Waals surface area (Å²) < 4.78 is 0. The second-order valence-electron chi connectivity index (χ2n) is 5.55. The normalized spacial score (nSPS) is 10.6. The number of benzene rings is 3. The Labute approximate surface area is 132 Å². The Morgan fingerprint density at radius 3 is 1.77 bits per heavy atom. The van der Waals surface area contributed by atoms with Crippen molar-refractivity contribution in [2.45, 2.75) is 19.8 Å². The van der Waals surface area contributed by atoms with Crippen molar-refractivity contribution >= 4 is 5.69 Å². The van der Waals surface area contributed by atoms with E-state index < -0.39 is 0 Å². The van der Waals surface area contributed by atoms with Crippen molar-refractivity contribution in [3.8, 4) is 22.3 Å². The summed E-state index contributed by atoms with van der Waals surface area (Å²) in [5.41, 5.74) is 13.4. The number of nitrogens with two attached hydrogens (primary N) is 1. The van der Waals surface area contributed by atoms with Crippen molar-refractivity contribution in [3.63, 3.8) is 0 Å². The fourth-order valence-corrected chi connectivity index (χ4v) is 2.99. The Morgan fingerprint density at radius 1 is 0.682 bits per heavy atom. The fourth-order valence-electron chi connectivity index (χ4n) is 2.99. The summed E-state index contributed by atoms with van der Waals surface area (Å²) >= 11 is 0. The van der Waals surface area contributed by atoms with Gasteiger partial charge in [-0.3, -0.25) is 0 Å². The molecule has 0 aliphatic carbocycles. The molecule has 0 heterocycles. The van der Waals surface area contributed by atoms with E-state index in [1.165, 1.54) is 22.3 Å². The van der Waals surface area contributed by atoms with Crippen LogP contribution in [-0.2, 0) is 6.42 Å². The summed E-state index contributed by atoms with van der Waals surface area (Å²) in [6.07, 6.45) is 2.18. The van der Waals surface area contributed by atoms with E-state index in [0.29, 0.717) is 0 Å². The molecule has 22 heavy (non-hydrogen) atoms. The summed E-state index contributed by atoms with van der Waals surface area (Å²) in [5.74, 6) is 0. The third kappa shape index (κ3) is 2.75. The molecule has 1 nitrogen and oxygen atoms in total. The topological polar surface area (TPSA) is 26.0 Å². The molecule has 3 aromatic carbocycles. The van der Waals surface area contributed by atoms with E-state index in [1.807, 2.05) is 12.1 Å². The second kappa shape index (κ2) is 6.48. The Balaban J connectivity index is 2.30. The van der Waals surface area contributed by atoms with Crippen LogP contribution in [-0.4, -0.2) is 0 Å². The zero-order valence-corrected chi connectivity index (χ0v) is 12.9. The van der Waals surface area contributed by atoms with Crippen molar-refractivity contribution in [1.29, 1.82) is 0 Å². The van der Waals surface area contributed by atoms with Gasteiger partial charge in [0.1, 0.15) is 0 Å². The lowest BCUT2D eigenvalue weighted by Crippen LogP contribution is -1.98. The number of nitrogen functional groups attached to an aromatic ring is 1.